The number of rotatable bonds is 5. The summed E-state index contributed by atoms with van der Waals surface area (Å²) < 4.78 is 14.8. The Morgan fingerprint density at radius 1 is 1.20 bits per heavy atom. The average Bonchev–Trinajstić information content (AvgIpc) is 2.95. The molecule has 0 fully saturated rings. The van der Waals surface area contributed by atoms with Gasteiger partial charge in [-0.3, -0.25) is 4.79 Å². The highest BCUT2D eigenvalue weighted by atomic mass is 19.1. The van der Waals surface area contributed by atoms with Gasteiger partial charge in [0.1, 0.15) is 12.4 Å². The average molecular weight is 341 g/mol. The van der Waals surface area contributed by atoms with Gasteiger partial charge in [-0.1, -0.05) is 18.2 Å². The van der Waals surface area contributed by atoms with Gasteiger partial charge in [0.05, 0.1) is 23.0 Å². The number of fused-ring (bicyclic) bond motifs is 1. The van der Waals surface area contributed by atoms with Gasteiger partial charge in [0.25, 0.3) is 0 Å². The van der Waals surface area contributed by atoms with E-state index in [1.54, 1.807) is 36.9 Å². The fraction of sp³-hybridized carbons (Fsp3) is 0.263. The third-order valence-corrected chi connectivity index (χ3v) is 3.83. The molecule has 0 atom stereocenters. The van der Waals surface area contributed by atoms with E-state index >= 15 is 0 Å². The third-order valence-electron chi connectivity index (χ3n) is 3.83. The van der Waals surface area contributed by atoms with E-state index < -0.39 is 5.60 Å². The number of amides is 1. The number of carbonyl (C=O) groups is 1. The molecule has 2 aromatic carbocycles. The number of hydrogen-bond donors (Lipinski definition) is 2. The van der Waals surface area contributed by atoms with Gasteiger partial charge in [0.2, 0.25) is 5.91 Å². The van der Waals surface area contributed by atoms with E-state index in [9.17, 15) is 14.3 Å². The Hall–Kier alpha value is -2.73. The summed E-state index contributed by atoms with van der Waals surface area (Å²) in [5, 5.41) is 12.4. The minimum absolute atomic E-state index is 0.127. The van der Waals surface area contributed by atoms with Gasteiger partial charge in [0, 0.05) is 6.54 Å². The van der Waals surface area contributed by atoms with E-state index in [0.29, 0.717) is 0 Å². The fourth-order valence-corrected chi connectivity index (χ4v) is 2.54. The van der Waals surface area contributed by atoms with Crippen molar-refractivity contribution in [2.24, 2.45) is 0 Å². The zero-order valence-corrected chi connectivity index (χ0v) is 14.2. The SMILES string of the molecule is CC(C)(O)CNC(=O)Cn1cnc2cc(-c3ccc(F)cc3)ccc21. The summed E-state index contributed by atoms with van der Waals surface area (Å²) in [6.45, 7) is 3.59. The second kappa shape index (κ2) is 6.64. The number of hydrogen-bond acceptors (Lipinski definition) is 3. The molecule has 3 rings (SSSR count). The molecular weight excluding hydrogens is 321 g/mol. The van der Waals surface area contributed by atoms with Gasteiger partial charge in [-0.2, -0.15) is 0 Å². The van der Waals surface area contributed by atoms with Crippen molar-refractivity contribution in [3.8, 4) is 11.1 Å². The highest BCUT2D eigenvalue weighted by molar-refractivity contribution is 5.84. The Morgan fingerprint density at radius 2 is 1.88 bits per heavy atom. The van der Waals surface area contributed by atoms with Crippen molar-refractivity contribution >= 4 is 16.9 Å². The predicted octanol–water partition coefficient (Wildman–Crippen LogP) is 2.73. The highest BCUT2D eigenvalue weighted by Gasteiger charge is 2.14. The van der Waals surface area contributed by atoms with Crippen LogP contribution in [-0.4, -0.2) is 32.7 Å². The molecule has 1 heterocycles. The van der Waals surface area contributed by atoms with Crippen molar-refractivity contribution in [2.75, 3.05) is 6.54 Å². The van der Waals surface area contributed by atoms with E-state index in [0.717, 1.165) is 22.2 Å². The first-order chi connectivity index (χ1) is 11.8. The van der Waals surface area contributed by atoms with Gasteiger partial charge in [-0.05, 0) is 49.2 Å². The first-order valence-corrected chi connectivity index (χ1v) is 8.02. The standard InChI is InChI=1S/C19H20FN3O2/c1-19(2,25)11-21-18(24)10-23-12-22-16-9-14(5-8-17(16)23)13-3-6-15(20)7-4-13/h3-9,12,25H,10-11H2,1-2H3,(H,21,24). The van der Waals surface area contributed by atoms with E-state index in [4.69, 9.17) is 0 Å². The monoisotopic (exact) mass is 341 g/mol. The molecule has 0 saturated carbocycles. The van der Waals surface area contributed by atoms with Crippen LogP contribution in [0.2, 0.25) is 0 Å². The first-order valence-electron chi connectivity index (χ1n) is 8.02. The highest BCUT2D eigenvalue weighted by Crippen LogP contribution is 2.24. The molecule has 0 radical (unpaired) electrons. The summed E-state index contributed by atoms with van der Waals surface area (Å²) in [4.78, 5) is 16.4. The van der Waals surface area contributed by atoms with Crippen LogP contribution in [0.15, 0.2) is 48.8 Å². The lowest BCUT2D eigenvalue weighted by Crippen LogP contribution is -2.39. The zero-order valence-electron chi connectivity index (χ0n) is 14.2. The molecule has 0 bridgehead atoms. The maximum absolute atomic E-state index is 13.0. The summed E-state index contributed by atoms with van der Waals surface area (Å²) in [5.41, 5.74) is 2.49. The van der Waals surface area contributed by atoms with Crippen LogP contribution in [0.1, 0.15) is 13.8 Å². The molecule has 0 aliphatic carbocycles. The number of imidazole rings is 1. The topological polar surface area (TPSA) is 67.2 Å². The van der Waals surface area contributed by atoms with Crippen molar-refractivity contribution in [1.82, 2.24) is 14.9 Å². The Labute approximate surface area is 145 Å². The molecule has 0 saturated heterocycles. The summed E-state index contributed by atoms with van der Waals surface area (Å²) in [6, 6.07) is 12.0. The van der Waals surface area contributed by atoms with Crippen LogP contribution in [0.5, 0.6) is 0 Å². The van der Waals surface area contributed by atoms with Crippen molar-refractivity contribution in [1.29, 1.82) is 0 Å². The number of benzene rings is 2. The minimum atomic E-state index is -0.948. The minimum Gasteiger partial charge on any atom is -0.389 e. The normalized spacial score (nSPS) is 11.7. The van der Waals surface area contributed by atoms with Gasteiger partial charge in [0.15, 0.2) is 0 Å². The molecule has 0 aliphatic rings. The molecule has 0 unspecified atom stereocenters. The van der Waals surface area contributed by atoms with Crippen LogP contribution in [-0.2, 0) is 11.3 Å². The molecule has 130 valence electrons. The molecule has 6 heteroatoms. The van der Waals surface area contributed by atoms with Crippen molar-refractivity contribution < 1.29 is 14.3 Å². The number of carbonyl (C=O) groups excluding carboxylic acids is 1. The molecule has 3 aromatic rings. The number of aromatic nitrogens is 2. The second-order valence-corrected chi connectivity index (χ2v) is 6.67. The molecule has 2 N–H and O–H groups in total. The first kappa shape index (κ1) is 17.1. The largest absolute Gasteiger partial charge is 0.389 e. The number of nitrogens with zero attached hydrogens (tertiary/aromatic N) is 2. The van der Waals surface area contributed by atoms with Crippen LogP contribution in [0.25, 0.3) is 22.2 Å². The number of nitrogens with one attached hydrogen (secondary N) is 1. The van der Waals surface area contributed by atoms with Crippen molar-refractivity contribution in [3.63, 3.8) is 0 Å². The van der Waals surface area contributed by atoms with E-state index in [1.165, 1.54) is 12.1 Å². The quantitative estimate of drug-likeness (QED) is 0.750. The third kappa shape index (κ3) is 4.22. The smallest absolute Gasteiger partial charge is 0.240 e. The van der Waals surface area contributed by atoms with Crippen LogP contribution >= 0.6 is 0 Å². The predicted molar refractivity (Wildman–Crippen MR) is 94.4 cm³/mol. The fourth-order valence-electron chi connectivity index (χ4n) is 2.54. The molecule has 5 nitrogen and oxygen atoms in total. The van der Waals surface area contributed by atoms with E-state index in [2.05, 4.69) is 10.3 Å². The molecular formula is C19H20FN3O2. The van der Waals surface area contributed by atoms with Crippen LogP contribution in [0.3, 0.4) is 0 Å². The second-order valence-electron chi connectivity index (χ2n) is 6.67. The molecule has 25 heavy (non-hydrogen) atoms. The van der Waals surface area contributed by atoms with Gasteiger partial charge in [-0.25, -0.2) is 9.37 Å². The molecule has 0 aliphatic heterocycles. The lowest BCUT2D eigenvalue weighted by molar-refractivity contribution is -0.122. The Balaban J connectivity index is 1.78. The number of halogens is 1. The summed E-state index contributed by atoms with van der Waals surface area (Å²) >= 11 is 0. The summed E-state index contributed by atoms with van der Waals surface area (Å²) in [6.07, 6.45) is 1.61. The van der Waals surface area contributed by atoms with Gasteiger partial charge < -0.3 is 15.0 Å². The number of aliphatic hydroxyl groups is 1. The lowest BCUT2D eigenvalue weighted by atomic mass is 10.1. The van der Waals surface area contributed by atoms with Crippen molar-refractivity contribution in [3.05, 3.63) is 54.6 Å². The van der Waals surface area contributed by atoms with Crippen LogP contribution in [0, 0.1) is 5.82 Å². The van der Waals surface area contributed by atoms with Crippen LogP contribution in [0.4, 0.5) is 4.39 Å². The Bertz CT molecular complexity index is 895. The van der Waals surface area contributed by atoms with Gasteiger partial charge >= 0.3 is 0 Å². The van der Waals surface area contributed by atoms with Crippen LogP contribution < -0.4 is 5.32 Å². The molecule has 0 spiro atoms. The maximum Gasteiger partial charge on any atom is 0.240 e. The summed E-state index contributed by atoms with van der Waals surface area (Å²) in [7, 11) is 0. The molecule has 1 amide bonds. The maximum atomic E-state index is 13.0. The summed E-state index contributed by atoms with van der Waals surface area (Å²) in [5.74, 6) is -0.463. The van der Waals surface area contributed by atoms with Crippen molar-refractivity contribution in [2.45, 2.75) is 26.0 Å². The lowest BCUT2D eigenvalue weighted by Gasteiger charge is -2.17. The molecule has 1 aromatic heterocycles. The Morgan fingerprint density at radius 3 is 2.56 bits per heavy atom. The van der Waals surface area contributed by atoms with E-state index in [1.807, 2.05) is 18.2 Å². The van der Waals surface area contributed by atoms with E-state index in [-0.39, 0.29) is 24.8 Å². The Kier molecular flexibility index (Phi) is 4.55. The zero-order chi connectivity index (χ0) is 18.0. The van der Waals surface area contributed by atoms with Gasteiger partial charge in [-0.15, -0.1) is 0 Å².